The Morgan fingerprint density at radius 3 is 2.62 bits per heavy atom. The van der Waals surface area contributed by atoms with Gasteiger partial charge in [0, 0.05) is 50.1 Å². The molecule has 1 aromatic heterocycles. The predicted molar refractivity (Wildman–Crippen MR) is 114 cm³/mol. The van der Waals surface area contributed by atoms with Crippen LogP contribution in [0.2, 0.25) is 5.02 Å². The minimum Gasteiger partial charge on any atom is -0.489 e. The SMILES string of the molecule is O=C(c1ccc(Cl)cc1OC1CCN(Cc2cccnc2)CC1)N1CCCCC1. The van der Waals surface area contributed by atoms with E-state index in [0.29, 0.717) is 16.3 Å². The van der Waals surface area contributed by atoms with Crippen molar-refractivity contribution >= 4 is 17.5 Å². The van der Waals surface area contributed by atoms with Gasteiger partial charge in [0.15, 0.2) is 0 Å². The number of carbonyl (C=O) groups is 1. The second-order valence-corrected chi connectivity index (χ2v) is 8.38. The molecule has 2 saturated heterocycles. The largest absolute Gasteiger partial charge is 0.489 e. The van der Waals surface area contributed by atoms with Crippen LogP contribution in [0.3, 0.4) is 0 Å². The van der Waals surface area contributed by atoms with E-state index >= 15 is 0 Å². The van der Waals surface area contributed by atoms with Gasteiger partial charge in [-0.2, -0.15) is 0 Å². The van der Waals surface area contributed by atoms with E-state index in [4.69, 9.17) is 16.3 Å². The summed E-state index contributed by atoms with van der Waals surface area (Å²) in [5.41, 5.74) is 1.87. The lowest BCUT2D eigenvalue weighted by Gasteiger charge is -2.33. The monoisotopic (exact) mass is 413 g/mol. The van der Waals surface area contributed by atoms with Crippen molar-refractivity contribution in [1.29, 1.82) is 0 Å². The maximum Gasteiger partial charge on any atom is 0.257 e. The zero-order chi connectivity index (χ0) is 20.1. The van der Waals surface area contributed by atoms with Gasteiger partial charge >= 0.3 is 0 Å². The van der Waals surface area contributed by atoms with Crippen LogP contribution >= 0.6 is 11.6 Å². The second kappa shape index (κ2) is 9.59. The number of aromatic nitrogens is 1. The zero-order valence-electron chi connectivity index (χ0n) is 16.7. The van der Waals surface area contributed by atoms with Crippen molar-refractivity contribution in [2.75, 3.05) is 26.2 Å². The first kappa shape index (κ1) is 20.2. The standard InChI is InChI=1S/C23H28ClN3O2/c24-19-6-7-21(23(28)27-11-2-1-3-12-27)22(15-19)29-20-8-13-26(14-9-20)17-18-5-4-10-25-16-18/h4-7,10,15-16,20H,1-3,8-9,11-14,17H2. The molecule has 1 amide bonds. The van der Waals surface area contributed by atoms with Crippen molar-refractivity contribution in [3.8, 4) is 5.75 Å². The molecule has 6 heteroatoms. The van der Waals surface area contributed by atoms with Crippen LogP contribution in [0.4, 0.5) is 0 Å². The highest BCUT2D eigenvalue weighted by molar-refractivity contribution is 6.30. The summed E-state index contributed by atoms with van der Waals surface area (Å²) in [5.74, 6) is 0.684. The Labute approximate surface area is 177 Å². The van der Waals surface area contributed by atoms with Gasteiger partial charge in [-0.3, -0.25) is 14.7 Å². The number of hydrogen-bond acceptors (Lipinski definition) is 4. The molecule has 2 fully saturated rings. The average molecular weight is 414 g/mol. The molecule has 5 nitrogen and oxygen atoms in total. The lowest BCUT2D eigenvalue weighted by atomic mass is 10.1. The molecule has 154 valence electrons. The topological polar surface area (TPSA) is 45.7 Å². The first-order chi connectivity index (χ1) is 14.2. The van der Waals surface area contributed by atoms with Crippen LogP contribution in [0.5, 0.6) is 5.75 Å². The summed E-state index contributed by atoms with van der Waals surface area (Å²) in [4.78, 5) is 21.6. The number of likely N-dealkylation sites (tertiary alicyclic amines) is 2. The minimum absolute atomic E-state index is 0.0605. The summed E-state index contributed by atoms with van der Waals surface area (Å²) in [6.07, 6.45) is 9.05. The number of hydrogen-bond donors (Lipinski definition) is 0. The lowest BCUT2D eigenvalue weighted by Crippen LogP contribution is -2.38. The summed E-state index contributed by atoms with van der Waals surface area (Å²) < 4.78 is 6.31. The van der Waals surface area contributed by atoms with Crippen molar-refractivity contribution < 1.29 is 9.53 Å². The molecule has 2 aliphatic rings. The Kier molecular flexibility index (Phi) is 6.67. The molecule has 0 spiro atoms. The molecule has 0 aliphatic carbocycles. The average Bonchev–Trinajstić information content (AvgIpc) is 2.76. The minimum atomic E-state index is 0.0605. The predicted octanol–water partition coefficient (Wildman–Crippen LogP) is 4.40. The Balaban J connectivity index is 1.38. The van der Waals surface area contributed by atoms with Gasteiger partial charge in [0.05, 0.1) is 5.56 Å². The maximum absolute atomic E-state index is 13.0. The smallest absolute Gasteiger partial charge is 0.257 e. The van der Waals surface area contributed by atoms with Crippen molar-refractivity contribution in [1.82, 2.24) is 14.8 Å². The molecule has 29 heavy (non-hydrogen) atoms. The van der Waals surface area contributed by atoms with Crippen molar-refractivity contribution in [3.63, 3.8) is 0 Å². The van der Waals surface area contributed by atoms with Crippen LogP contribution in [-0.2, 0) is 6.54 Å². The van der Waals surface area contributed by atoms with Crippen molar-refractivity contribution in [2.45, 2.75) is 44.8 Å². The van der Waals surface area contributed by atoms with Crippen LogP contribution < -0.4 is 4.74 Å². The molecule has 2 aromatic rings. The van der Waals surface area contributed by atoms with Gasteiger partial charge in [-0.05, 0) is 61.9 Å². The normalized spacial score (nSPS) is 18.6. The van der Waals surface area contributed by atoms with E-state index in [1.165, 1.54) is 12.0 Å². The highest BCUT2D eigenvalue weighted by Gasteiger charge is 2.25. The summed E-state index contributed by atoms with van der Waals surface area (Å²) in [6.45, 7) is 4.50. The number of amides is 1. The van der Waals surface area contributed by atoms with E-state index in [1.54, 1.807) is 18.3 Å². The van der Waals surface area contributed by atoms with E-state index in [1.807, 2.05) is 23.2 Å². The number of piperidine rings is 2. The van der Waals surface area contributed by atoms with E-state index in [-0.39, 0.29) is 12.0 Å². The molecule has 0 bridgehead atoms. The number of ether oxygens (including phenoxy) is 1. The number of carbonyl (C=O) groups excluding carboxylic acids is 1. The first-order valence-electron chi connectivity index (χ1n) is 10.6. The fraction of sp³-hybridized carbons (Fsp3) is 0.478. The van der Waals surface area contributed by atoms with E-state index < -0.39 is 0 Å². The first-order valence-corrected chi connectivity index (χ1v) is 10.9. The molecule has 1 aromatic carbocycles. The molecular formula is C23H28ClN3O2. The molecule has 0 radical (unpaired) electrons. The highest BCUT2D eigenvalue weighted by Crippen LogP contribution is 2.29. The van der Waals surface area contributed by atoms with Crippen LogP contribution in [0.25, 0.3) is 0 Å². The number of benzene rings is 1. The molecule has 0 saturated carbocycles. The lowest BCUT2D eigenvalue weighted by molar-refractivity contribution is 0.0702. The summed E-state index contributed by atoms with van der Waals surface area (Å²) in [5, 5.41) is 0.601. The van der Waals surface area contributed by atoms with Crippen LogP contribution in [0.15, 0.2) is 42.7 Å². The van der Waals surface area contributed by atoms with Gasteiger partial charge in [0.25, 0.3) is 5.91 Å². The van der Waals surface area contributed by atoms with Gasteiger partial charge in [0.1, 0.15) is 11.9 Å². The Morgan fingerprint density at radius 2 is 1.90 bits per heavy atom. The van der Waals surface area contributed by atoms with Crippen LogP contribution in [0.1, 0.15) is 48.0 Å². The molecule has 4 rings (SSSR count). The molecule has 3 heterocycles. The quantitative estimate of drug-likeness (QED) is 0.728. The van der Waals surface area contributed by atoms with Crippen LogP contribution in [-0.4, -0.2) is 53.0 Å². The molecule has 0 N–H and O–H groups in total. The van der Waals surface area contributed by atoms with Gasteiger partial charge in [-0.15, -0.1) is 0 Å². The summed E-state index contributed by atoms with van der Waals surface area (Å²) in [6, 6.07) is 9.47. The van der Waals surface area contributed by atoms with E-state index in [2.05, 4.69) is 16.0 Å². The number of halogens is 1. The van der Waals surface area contributed by atoms with Crippen molar-refractivity contribution in [2.24, 2.45) is 0 Å². The van der Waals surface area contributed by atoms with Gasteiger partial charge in [-0.25, -0.2) is 0 Å². The molecule has 2 aliphatic heterocycles. The number of pyridine rings is 1. The third-order valence-electron chi connectivity index (χ3n) is 5.77. The van der Waals surface area contributed by atoms with Crippen LogP contribution in [0, 0.1) is 0 Å². The fourth-order valence-electron chi connectivity index (χ4n) is 4.15. The van der Waals surface area contributed by atoms with Gasteiger partial charge in [0.2, 0.25) is 0 Å². The molecule has 0 atom stereocenters. The number of rotatable bonds is 5. The Hall–Kier alpha value is -2.11. The Morgan fingerprint density at radius 1 is 1.10 bits per heavy atom. The van der Waals surface area contributed by atoms with Gasteiger partial charge in [-0.1, -0.05) is 17.7 Å². The van der Waals surface area contributed by atoms with E-state index in [0.717, 1.165) is 58.4 Å². The third kappa shape index (κ3) is 5.28. The zero-order valence-corrected chi connectivity index (χ0v) is 17.5. The molecular weight excluding hydrogens is 386 g/mol. The summed E-state index contributed by atoms with van der Waals surface area (Å²) >= 11 is 6.22. The Bertz CT molecular complexity index is 816. The fourth-order valence-corrected chi connectivity index (χ4v) is 4.31. The molecule has 0 unspecified atom stereocenters. The number of nitrogens with zero attached hydrogens (tertiary/aromatic N) is 3. The van der Waals surface area contributed by atoms with Gasteiger partial charge < -0.3 is 9.64 Å². The highest BCUT2D eigenvalue weighted by atomic mass is 35.5. The second-order valence-electron chi connectivity index (χ2n) is 7.95. The maximum atomic E-state index is 13.0. The summed E-state index contributed by atoms with van der Waals surface area (Å²) in [7, 11) is 0. The third-order valence-corrected chi connectivity index (χ3v) is 6.01. The van der Waals surface area contributed by atoms with E-state index in [9.17, 15) is 4.79 Å². The van der Waals surface area contributed by atoms with Crippen molar-refractivity contribution in [3.05, 3.63) is 58.9 Å².